The van der Waals surface area contributed by atoms with Crippen LogP contribution >= 0.6 is 0 Å². The van der Waals surface area contributed by atoms with Crippen LogP contribution in [0.4, 0.5) is 8.78 Å². The number of benzene rings is 3. The summed E-state index contributed by atoms with van der Waals surface area (Å²) in [6, 6.07) is 14.6. The molecule has 0 unspecified atom stereocenters. The minimum absolute atomic E-state index is 0.159. The molecule has 0 heterocycles. The van der Waals surface area contributed by atoms with Crippen LogP contribution in [0.2, 0.25) is 0 Å². The van der Waals surface area contributed by atoms with E-state index in [1.54, 1.807) is 24.3 Å². The molecule has 0 aromatic heterocycles. The molecule has 0 saturated heterocycles. The quantitative estimate of drug-likeness (QED) is 0.434. The van der Waals surface area contributed by atoms with Gasteiger partial charge in [0, 0.05) is 23.0 Å². The Morgan fingerprint density at radius 3 is 2.21 bits per heavy atom. The van der Waals surface area contributed by atoms with Crippen molar-refractivity contribution in [2.75, 3.05) is 0 Å². The number of rotatable bonds is 2. The Morgan fingerprint density at radius 1 is 0.882 bits per heavy atom. The SMILES string of the molecule is C[C@]12CC[C@@H]3c4cc(-c5ccc(F)cc5)c(O)c(-c5ccc(F)cc5)c4CC[C@H]3[C@@H]1CCC2=O. The summed E-state index contributed by atoms with van der Waals surface area (Å²) in [5.41, 5.74) is 5.13. The fourth-order valence-electron chi connectivity index (χ4n) is 7.27. The number of carbonyl (C=O) groups excluding carboxylic acids is 1. The van der Waals surface area contributed by atoms with E-state index in [2.05, 4.69) is 13.0 Å². The Labute approximate surface area is 198 Å². The van der Waals surface area contributed by atoms with Gasteiger partial charge in [-0.2, -0.15) is 0 Å². The number of phenolic OH excluding ortho intramolecular Hbond substituents is 1. The number of phenols is 1. The highest BCUT2D eigenvalue weighted by molar-refractivity contribution is 5.88. The van der Waals surface area contributed by atoms with E-state index in [0.29, 0.717) is 35.5 Å². The molecule has 0 radical (unpaired) electrons. The number of aromatic hydroxyl groups is 1. The van der Waals surface area contributed by atoms with Gasteiger partial charge in [-0.1, -0.05) is 31.2 Å². The molecule has 2 nitrogen and oxygen atoms in total. The van der Waals surface area contributed by atoms with Crippen LogP contribution in [-0.4, -0.2) is 10.9 Å². The predicted molar refractivity (Wildman–Crippen MR) is 129 cm³/mol. The Bertz CT molecular complexity index is 1280. The summed E-state index contributed by atoms with van der Waals surface area (Å²) in [7, 11) is 0. The first-order valence-electron chi connectivity index (χ1n) is 12.3. The summed E-state index contributed by atoms with van der Waals surface area (Å²) in [5.74, 6) is 1.13. The number of hydrogen-bond acceptors (Lipinski definition) is 2. The maximum Gasteiger partial charge on any atom is 0.139 e. The fraction of sp³-hybridized carbons (Fsp3) is 0.367. The molecule has 3 aromatic rings. The summed E-state index contributed by atoms with van der Waals surface area (Å²) < 4.78 is 27.4. The van der Waals surface area contributed by atoms with Gasteiger partial charge in [-0.3, -0.25) is 4.79 Å². The lowest BCUT2D eigenvalue weighted by Gasteiger charge is -2.48. The molecular formula is C30H28F2O2. The zero-order valence-electron chi connectivity index (χ0n) is 19.3. The van der Waals surface area contributed by atoms with Gasteiger partial charge < -0.3 is 5.11 Å². The van der Waals surface area contributed by atoms with Crippen molar-refractivity contribution in [2.24, 2.45) is 17.3 Å². The highest BCUT2D eigenvalue weighted by atomic mass is 19.1. The van der Waals surface area contributed by atoms with Gasteiger partial charge >= 0.3 is 0 Å². The molecule has 3 aromatic carbocycles. The smallest absolute Gasteiger partial charge is 0.139 e. The molecule has 4 heteroatoms. The van der Waals surface area contributed by atoms with Crippen LogP contribution in [0.5, 0.6) is 5.75 Å². The Morgan fingerprint density at radius 2 is 1.53 bits per heavy atom. The summed E-state index contributed by atoms with van der Waals surface area (Å²) >= 11 is 0. The average molecular weight is 459 g/mol. The maximum absolute atomic E-state index is 13.7. The molecule has 2 saturated carbocycles. The van der Waals surface area contributed by atoms with Crippen LogP contribution in [0.1, 0.15) is 56.1 Å². The second kappa shape index (κ2) is 7.76. The number of Topliss-reactive ketones (excluding diaryl/α,β-unsaturated/α-hetero) is 1. The van der Waals surface area contributed by atoms with Gasteiger partial charge in [0.05, 0.1) is 0 Å². The molecule has 0 amide bonds. The zero-order valence-corrected chi connectivity index (χ0v) is 19.3. The van der Waals surface area contributed by atoms with Gasteiger partial charge in [0.15, 0.2) is 0 Å². The molecule has 174 valence electrons. The van der Waals surface area contributed by atoms with E-state index in [1.165, 1.54) is 29.8 Å². The lowest BCUT2D eigenvalue weighted by atomic mass is 9.55. The molecule has 0 spiro atoms. The second-order valence-corrected chi connectivity index (χ2v) is 10.6. The normalized spacial score (nSPS) is 27.7. The van der Waals surface area contributed by atoms with Crippen molar-refractivity contribution in [1.29, 1.82) is 0 Å². The summed E-state index contributed by atoms with van der Waals surface area (Å²) in [5, 5.41) is 11.5. The lowest BCUT2D eigenvalue weighted by molar-refractivity contribution is -0.129. The van der Waals surface area contributed by atoms with Crippen molar-refractivity contribution in [3.05, 3.63) is 77.4 Å². The van der Waals surface area contributed by atoms with Gasteiger partial charge in [-0.15, -0.1) is 0 Å². The molecule has 3 aliphatic rings. The van der Waals surface area contributed by atoms with E-state index in [9.17, 15) is 18.7 Å². The molecule has 3 aliphatic carbocycles. The number of hydrogen-bond donors (Lipinski definition) is 1. The first kappa shape index (κ1) is 21.5. The van der Waals surface area contributed by atoms with Gasteiger partial charge in [0.1, 0.15) is 23.2 Å². The molecular weight excluding hydrogens is 430 g/mol. The first-order valence-corrected chi connectivity index (χ1v) is 12.3. The number of fused-ring (bicyclic) bond motifs is 5. The van der Waals surface area contributed by atoms with Crippen molar-refractivity contribution in [3.63, 3.8) is 0 Å². The van der Waals surface area contributed by atoms with E-state index in [0.717, 1.165) is 54.4 Å². The minimum atomic E-state index is -0.322. The third kappa shape index (κ3) is 3.14. The number of carbonyl (C=O) groups is 1. The van der Waals surface area contributed by atoms with Gasteiger partial charge in [-0.05, 0) is 102 Å². The van der Waals surface area contributed by atoms with E-state index in [1.807, 2.05) is 0 Å². The van der Waals surface area contributed by atoms with Crippen molar-refractivity contribution in [2.45, 2.75) is 51.4 Å². The fourth-order valence-corrected chi connectivity index (χ4v) is 7.27. The van der Waals surface area contributed by atoms with Gasteiger partial charge in [-0.25, -0.2) is 8.78 Å². The van der Waals surface area contributed by atoms with Crippen LogP contribution in [0.15, 0.2) is 54.6 Å². The van der Waals surface area contributed by atoms with Crippen LogP contribution in [0.25, 0.3) is 22.3 Å². The third-order valence-electron chi connectivity index (χ3n) is 9.00. The number of ketones is 1. The van der Waals surface area contributed by atoms with Crippen molar-refractivity contribution in [3.8, 4) is 28.0 Å². The van der Waals surface area contributed by atoms with Crippen LogP contribution in [0.3, 0.4) is 0 Å². The average Bonchev–Trinajstić information content (AvgIpc) is 3.14. The van der Waals surface area contributed by atoms with E-state index < -0.39 is 0 Å². The van der Waals surface area contributed by atoms with Crippen molar-refractivity contribution >= 4 is 5.78 Å². The highest BCUT2D eigenvalue weighted by Crippen LogP contribution is 2.61. The van der Waals surface area contributed by atoms with Gasteiger partial charge in [0.25, 0.3) is 0 Å². The summed E-state index contributed by atoms with van der Waals surface area (Å²) in [4.78, 5) is 12.7. The third-order valence-corrected chi connectivity index (χ3v) is 9.00. The highest BCUT2D eigenvalue weighted by Gasteiger charge is 2.54. The van der Waals surface area contributed by atoms with Gasteiger partial charge in [0.2, 0.25) is 0 Å². The molecule has 0 aliphatic heterocycles. The molecule has 4 atom stereocenters. The van der Waals surface area contributed by atoms with Crippen LogP contribution in [-0.2, 0) is 11.2 Å². The Kier molecular flexibility index (Phi) is 4.91. The molecule has 6 rings (SSSR count). The molecule has 1 N–H and O–H groups in total. The predicted octanol–water partition coefficient (Wildman–Crippen LogP) is 7.43. The second-order valence-electron chi connectivity index (χ2n) is 10.6. The zero-order chi connectivity index (χ0) is 23.6. The largest absolute Gasteiger partial charge is 0.507 e. The first-order chi connectivity index (χ1) is 16.4. The standard InChI is InChI=1S/C30H28F2O2/c1-30-15-14-21-22(26(30)12-13-27(30)33)10-11-23-25(21)16-24(17-2-6-19(31)7-3-17)29(34)28(23)18-4-8-20(32)9-5-18/h2-9,16,21-22,26,34H,10-15H2,1H3/t21-,22+,26-,30-/m0/s1. The molecule has 0 bridgehead atoms. The van der Waals surface area contributed by atoms with Crippen LogP contribution in [0, 0.1) is 28.9 Å². The van der Waals surface area contributed by atoms with Crippen LogP contribution < -0.4 is 0 Å². The minimum Gasteiger partial charge on any atom is -0.507 e. The van der Waals surface area contributed by atoms with E-state index >= 15 is 0 Å². The molecule has 34 heavy (non-hydrogen) atoms. The topological polar surface area (TPSA) is 37.3 Å². The monoisotopic (exact) mass is 458 g/mol. The lowest BCUT2D eigenvalue weighted by Crippen LogP contribution is -2.42. The Hall–Kier alpha value is -3.01. The molecule has 2 fully saturated rings. The maximum atomic E-state index is 13.7. The van der Waals surface area contributed by atoms with Crippen molar-refractivity contribution in [1.82, 2.24) is 0 Å². The summed E-state index contributed by atoms with van der Waals surface area (Å²) in [6.45, 7) is 2.17. The number of halogens is 2. The Balaban J connectivity index is 1.54. The summed E-state index contributed by atoms with van der Waals surface area (Å²) in [6.07, 6.45) is 5.33. The van der Waals surface area contributed by atoms with Crippen molar-refractivity contribution < 1.29 is 18.7 Å². The van der Waals surface area contributed by atoms with E-state index in [-0.39, 0.29) is 22.8 Å². The van der Waals surface area contributed by atoms with E-state index in [4.69, 9.17) is 0 Å².